The van der Waals surface area contributed by atoms with Gasteiger partial charge in [0.05, 0.1) is 5.52 Å². The number of nitrogens with one attached hydrogen (secondary N) is 1. The van der Waals surface area contributed by atoms with Gasteiger partial charge in [-0.05, 0) is 51.3 Å². The van der Waals surface area contributed by atoms with Crippen molar-refractivity contribution in [1.82, 2.24) is 15.2 Å². The minimum absolute atomic E-state index is 0.106. The van der Waals surface area contributed by atoms with Crippen LogP contribution in [0.1, 0.15) is 0 Å². The molecule has 0 saturated carbocycles. The van der Waals surface area contributed by atoms with Gasteiger partial charge in [0.2, 0.25) is 5.43 Å². The standard InChI is InChI=1S/C13H8BrN3O/c14-13-12(18)10-2-1-9(7-11(10)16-17-13)8-3-5-15-6-4-8/h1-7H,(H,16,18). The summed E-state index contributed by atoms with van der Waals surface area (Å²) < 4.78 is 0.298. The van der Waals surface area contributed by atoms with Crippen molar-refractivity contribution in [3.8, 4) is 11.1 Å². The Morgan fingerprint density at radius 1 is 1.06 bits per heavy atom. The van der Waals surface area contributed by atoms with E-state index in [0.29, 0.717) is 9.99 Å². The normalized spacial score (nSPS) is 10.7. The van der Waals surface area contributed by atoms with E-state index in [-0.39, 0.29) is 5.43 Å². The van der Waals surface area contributed by atoms with Crippen LogP contribution in [0.3, 0.4) is 0 Å². The number of H-pyrrole nitrogens is 1. The van der Waals surface area contributed by atoms with E-state index in [0.717, 1.165) is 16.6 Å². The SMILES string of the molecule is O=c1c(Br)n[nH]c2cc(-c3ccncc3)ccc12. The van der Waals surface area contributed by atoms with Crippen LogP contribution in [0.2, 0.25) is 0 Å². The highest BCUT2D eigenvalue weighted by Gasteiger charge is 2.05. The number of fused-ring (bicyclic) bond motifs is 1. The minimum Gasteiger partial charge on any atom is -0.286 e. The molecule has 0 amide bonds. The van der Waals surface area contributed by atoms with Crippen molar-refractivity contribution in [2.24, 2.45) is 0 Å². The van der Waals surface area contributed by atoms with Crippen LogP contribution in [0.25, 0.3) is 22.0 Å². The zero-order valence-electron chi connectivity index (χ0n) is 9.22. The van der Waals surface area contributed by atoms with Crippen LogP contribution in [-0.4, -0.2) is 15.2 Å². The molecule has 1 N–H and O–H groups in total. The van der Waals surface area contributed by atoms with Crippen LogP contribution < -0.4 is 5.43 Å². The number of halogens is 1. The second kappa shape index (κ2) is 4.34. The van der Waals surface area contributed by atoms with E-state index in [1.54, 1.807) is 18.5 Å². The van der Waals surface area contributed by atoms with Gasteiger partial charge in [-0.3, -0.25) is 14.9 Å². The summed E-state index contributed by atoms with van der Waals surface area (Å²) in [5.41, 5.74) is 2.68. The minimum atomic E-state index is -0.106. The first-order valence-electron chi connectivity index (χ1n) is 5.34. The summed E-state index contributed by atoms with van der Waals surface area (Å²) in [4.78, 5) is 15.8. The Hall–Kier alpha value is -2.01. The summed E-state index contributed by atoms with van der Waals surface area (Å²) in [6.07, 6.45) is 3.48. The Labute approximate surface area is 111 Å². The van der Waals surface area contributed by atoms with Gasteiger partial charge in [-0.2, -0.15) is 5.10 Å². The summed E-state index contributed by atoms with van der Waals surface area (Å²) in [5.74, 6) is 0. The molecule has 0 atom stereocenters. The molecular weight excluding hydrogens is 294 g/mol. The smallest absolute Gasteiger partial charge is 0.222 e. The molecule has 3 aromatic rings. The molecule has 1 aromatic carbocycles. The molecule has 0 fully saturated rings. The molecule has 4 nitrogen and oxygen atoms in total. The number of hydrogen-bond donors (Lipinski definition) is 1. The van der Waals surface area contributed by atoms with E-state index < -0.39 is 0 Å². The van der Waals surface area contributed by atoms with Crippen molar-refractivity contribution >= 4 is 26.8 Å². The monoisotopic (exact) mass is 301 g/mol. The summed E-state index contributed by atoms with van der Waals surface area (Å²) in [6, 6.07) is 9.47. The summed E-state index contributed by atoms with van der Waals surface area (Å²) in [7, 11) is 0. The highest BCUT2D eigenvalue weighted by atomic mass is 79.9. The Morgan fingerprint density at radius 3 is 2.61 bits per heavy atom. The largest absolute Gasteiger partial charge is 0.286 e. The molecule has 2 heterocycles. The number of benzene rings is 1. The molecule has 0 saturated heterocycles. The highest BCUT2D eigenvalue weighted by molar-refractivity contribution is 9.10. The van der Waals surface area contributed by atoms with Crippen LogP contribution >= 0.6 is 15.9 Å². The number of aromatic nitrogens is 3. The maximum absolute atomic E-state index is 11.8. The van der Waals surface area contributed by atoms with Gasteiger partial charge in [0, 0.05) is 17.8 Å². The first kappa shape index (κ1) is 11.1. The van der Waals surface area contributed by atoms with Gasteiger partial charge in [0.15, 0.2) is 4.60 Å². The maximum atomic E-state index is 11.8. The van der Waals surface area contributed by atoms with Gasteiger partial charge in [-0.25, -0.2) is 0 Å². The molecule has 2 aromatic heterocycles. The quantitative estimate of drug-likeness (QED) is 0.752. The van der Waals surface area contributed by atoms with Crippen molar-refractivity contribution in [3.63, 3.8) is 0 Å². The molecule has 88 valence electrons. The molecule has 0 unspecified atom stereocenters. The Kier molecular flexibility index (Phi) is 2.68. The number of pyridine rings is 1. The van der Waals surface area contributed by atoms with Gasteiger partial charge in [0.25, 0.3) is 0 Å². The lowest BCUT2D eigenvalue weighted by Gasteiger charge is -2.03. The van der Waals surface area contributed by atoms with Crippen molar-refractivity contribution < 1.29 is 0 Å². The van der Waals surface area contributed by atoms with Crippen LogP contribution in [0.15, 0.2) is 52.1 Å². The molecule has 0 radical (unpaired) electrons. The highest BCUT2D eigenvalue weighted by Crippen LogP contribution is 2.21. The Morgan fingerprint density at radius 2 is 1.83 bits per heavy atom. The summed E-state index contributed by atoms with van der Waals surface area (Å²) >= 11 is 3.12. The predicted octanol–water partition coefficient (Wildman–Crippen LogP) is 2.75. The number of nitrogens with zero attached hydrogens (tertiary/aromatic N) is 2. The van der Waals surface area contributed by atoms with E-state index in [1.165, 1.54) is 0 Å². The van der Waals surface area contributed by atoms with Crippen molar-refractivity contribution in [1.29, 1.82) is 0 Å². The molecule has 0 bridgehead atoms. The lowest BCUT2D eigenvalue weighted by molar-refractivity contribution is 1.03. The Balaban J connectivity index is 2.25. The van der Waals surface area contributed by atoms with Crippen LogP contribution in [0.4, 0.5) is 0 Å². The Bertz CT molecular complexity index is 768. The summed E-state index contributed by atoms with van der Waals surface area (Å²) in [5, 5.41) is 7.39. The van der Waals surface area contributed by atoms with E-state index in [2.05, 4.69) is 31.1 Å². The maximum Gasteiger partial charge on any atom is 0.222 e. The molecule has 18 heavy (non-hydrogen) atoms. The second-order valence-corrected chi connectivity index (χ2v) is 4.59. The molecule has 0 aliphatic heterocycles. The third kappa shape index (κ3) is 1.82. The van der Waals surface area contributed by atoms with E-state index in [4.69, 9.17) is 0 Å². The van der Waals surface area contributed by atoms with Gasteiger partial charge in [-0.15, -0.1) is 0 Å². The van der Waals surface area contributed by atoms with Crippen molar-refractivity contribution in [2.75, 3.05) is 0 Å². The molecular formula is C13H8BrN3O. The lowest BCUT2D eigenvalue weighted by Crippen LogP contribution is -2.06. The average molecular weight is 302 g/mol. The average Bonchev–Trinajstić information content (AvgIpc) is 2.44. The number of hydrogen-bond acceptors (Lipinski definition) is 3. The topological polar surface area (TPSA) is 58.6 Å². The number of aromatic amines is 1. The van der Waals surface area contributed by atoms with Gasteiger partial charge in [0.1, 0.15) is 0 Å². The van der Waals surface area contributed by atoms with E-state index in [1.807, 2.05) is 24.3 Å². The fraction of sp³-hybridized carbons (Fsp3) is 0. The van der Waals surface area contributed by atoms with Crippen LogP contribution in [0, 0.1) is 0 Å². The van der Waals surface area contributed by atoms with Crippen LogP contribution in [-0.2, 0) is 0 Å². The first-order chi connectivity index (χ1) is 8.75. The van der Waals surface area contributed by atoms with Gasteiger partial charge < -0.3 is 0 Å². The molecule has 5 heteroatoms. The fourth-order valence-electron chi connectivity index (χ4n) is 1.83. The van der Waals surface area contributed by atoms with Crippen LogP contribution in [0.5, 0.6) is 0 Å². The second-order valence-electron chi connectivity index (χ2n) is 3.84. The molecule has 0 aliphatic carbocycles. The van der Waals surface area contributed by atoms with Crippen molar-refractivity contribution in [3.05, 3.63) is 57.6 Å². The summed E-state index contributed by atoms with van der Waals surface area (Å²) in [6.45, 7) is 0. The molecule has 0 aliphatic rings. The third-order valence-corrected chi connectivity index (χ3v) is 3.28. The third-order valence-electron chi connectivity index (χ3n) is 2.74. The molecule has 3 rings (SSSR count). The van der Waals surface area contributed by atoms with Gasteiger partial charge >= 0.3 is 0 Å². The fourth-order valence-corrected chi connectivity index (χ4v) is 2.13. The zero-order valence-corrected chi connectivity index (χ0v) is 10.8. The zero-order chi connectivity index (χ0) is 12.5. The van der Waals surface area contributed by atoms with Gasteiger partial charge in [-0.1, -0.05) is 6.07 Å². The predicted molar refractivity (Wildman–Crippen MR) is 73.3 cm³/mol. The first-order valence-corrected chi connectivity index (χ1v) is 6.13. The lowest BCUT2D eigenvalue weighted by atomic mass is 10.1. The molecule has 0 spiro atoms. The van der Waals surface area contributed by atoms with Crippen molar-refractivity contribution in [2.45, 2.75) is 0 Å². The van der Waals surface area contributed by atoms with E-state index >= 15 is 0 Å². The van der Waals surface area contributed by atoms with E-state index in [9.17, 15) is 4.79 Å². The number of rotatable bonds is 1.